The molecule has 1 aromatic rings. The molecule has 0 aliphatic carbocycles. The van der Waals surface area contributed by atoms with E-state index in [9.17, 15) is 9.18 Å². The number of aromatic nitrogens is 2. The minimum absolute atomic E-state index is 0.0478. The van der Waals surface area contributed by atoms with E-state index in [1.165, 1.54) is 0 Å². The van der Waals surface area contributed by atoms with E-state index in [4.69, 9.17) is 9.47 Å². The van der Waals surface area contributed by atoms with Crippen molar-refractivity contribution >= 4 is 11.9 Å². The van der Waals surface area contributed by atoms with Crippen LogP contribution < -0.4 is 4.90 Å². The lowest BCUT2D eigenvalue weighted by atomic mass is 10.0. The molecule has 0 aromatic carbocycles. The van der Waals surface area contributed by atoms with E-state index >= 15 is 0 Å². The average Bonchev–Trinajstić information content (AvgIpc) is 2.77. The standard InChI is InChI=1S/C16H24FN5O3/c1-20(2)14(23)9-21-3-5-24-12-16(10-21)11-22(4-6-25-16)15-18-7-13(17)8-19-15/h7-8H,3-6,9-12H2,1-2H3/t16-/m1/s1. The molecule has 1 amide bonds. The van der Waals surface area contributed by atoms with Gasteiger partial charge >= 0.3 is 0 Å². The molecule has 1 atom stereocenters. The van der Waals surface area contributed by atoms with Gasteiger partial charge in [-0.05, 0) is 0 Å². The molecule has 0 saturated carbocycles. The lowest BCUT2D eigenvalue weighted by Gasteiger charge is -2.43. The average molecular weight is 353 g/mol. The third-order valence-electron chi connectivity index (χ3n) is 4.42. The first-order valence-electron chi connectivity index (χ1n) is 8.34. The Balaban J connectivity index is 1.71. The highest BCUT2D eigenvalue weighted by Gasteiger charge is 2.41. The van der Waals surface area contributed by atoms with Gasteiger partial charge in [-0.15, -0.1) is 0 Å². The number of ether oxygens (including phenoxy) is 2. The number of hydrogen-bond acceptors (Lipinski definition) is 7. The van der Waals surface area contributed by atoms with Gasteiger partial charge in [0.15, 0.2) is 5.82 Å². The molecule has 2 saturated heterocycles. The summed E-state index contributed by atoms with van der Waals surface area (Å²) in [5.41, 5.74) is -0.556. The van der Waals surface area contributed by atoms with Crippen molar-refractivity contribution in [2.45, 2.75) is 5.60 Å². The van der Waals surface area contributed by atoms with Crippen LogP contribution in [0, 0.1) is 5.82 Å². The number of carbonyl (C=O) groups is 1. The molecule has 3 heterocycles. The molecule has 0 radical (unpaired) electrons. The van der Waals surface area contributed by atoms with Gasteiger partial charge in [-0.2, -0.15) is 0 Å². The summed E-state index contributed by atoms with van der Waals surface area (Å²) in [6.45, 7) is 4.25. The Morgan fingerprint density at radius 2 is 2.04 bits per heavy atom. The molecule has 0 N–H and O–H groups in total. The smallest absolute Gasteiger partial charge is 0.236 e. The second-order valence-electron chi connectivity index (χ2n) is 6.71. The molecule has 0 unspecified atom stereocenters. The Morgan fingerprint density at radius 1 is 1.28 bits per heavy atom. The predicted molar refractivity (Wildman–Crippen MR) is 88.8 cm³/mol. The molecule has 2 aliphatic heterocycles. The van der Waals surface area contributed by atoms with Crippen LogP contribution in [0.5, 0.6) is 0 Å². The number of anilines is 1. The van der Waals surface area contributed by atoms with Crippen LogP contribution in [0.25, 0.3) is 0 Å². The van der Waals surface area contributed by atoms with E-state index in [0.717, 1.165) is 12.4 Å². The molecule has 1 spiro atoms. The van der Waals surface area contributed by atoms with Crippen molar-refractivity contribution in [3.8, 4) is 0 Å². The first-order chi connectivity index (χ1) is 12.0. The Hall–Kier alpha value is -1.84. The van der Waals surface area contributed by atoms with E-state index in [1.54, 1.807) is 19.0 Å². The quantitative estimate of drug-likeness (QED) is 0.733. The van der Waals surface area contributed by atoms with Crippen molar-refractivity contribution in [2.24, 2.45) is 0 Å². The van der Waals surface area contributed by atoms with Gasteiger partial charge in [0.1, 0.15) is 5.60 Å². The van der Waals surface area contributed by atoms with Gasteiger partial charge < -0.3 is 19.3 Å². The summed E-state index contributed by atoms with van der Waals surface area (Å²) in [6, 6.07) is 0. The summed E-state index contributed by atoms with van der Waals surface area (Å²) in [5.74, 6) is 0.0636. The molecule has 138 valence electrons. The van der Waals surface area contributed by atoms with Gasteiger partial charge in [0.25, 0.3) is 0 Å². The summed E-state index contributed by atoms with van der Waals surface area (Å²) in [7, 11) is 3.49. The highest BCUT2D eigenvalue weighted by atomic mass is 19.1. The first kappa shape index (κ1) is 18.0. The number of halogens is 1. The van der Waals surface area contributed by atoms with Gasteiger partial charge in [0, 0.05) is 33.7 Å². The zero-order valence-electron chi connectivity index (χ0n) is 14.7. The van der Waals surface area contributed by atoms with Crippen LogP contribution in [-0.2, 0) is 14.3 Å². The molecular formula is C16H24FN5O3. The topological polar surface area (TPSA) is 71.0 Å². The minimum Gasteiger partial charge on any atom is -0.377 e. The monoisotopic (exact) mass is 353 g/mol. The van der Waals surface area contributed by atoms with Crippen molar-refractivity contribution in [1.29, 1.82) is 0 Å². The highest BCUT2D eigenvalue weighted by Crippen LogP contribution is 2.24. The van der Waals surface area contributed by atoms with Crippen molar-refractivity contribution in [3.63, 3.8) is 0 Å². The summed E-state index contributed by atoms with van der Waals surface area (Å²) in [6.07, 6.45) is 2.33. The lowest BCUT2D eigenvalue weighted by molar-refractivity contribution is -0.131. The molecule has 1 aromatic heterocycles. The van der Waals surface area contributed by atoms with Crippen LogP contribution in [-0.4, -0.2) is 97.9 Å². The van der Waals surface area contributed by atoms with E-state index < -0.39 is 11.4 Å². The Labute approximate surface area is 146 Å². The molecule has 9 heteroatoms. The van der Waals surface area contributed by atoms with Crippen molar-refractivity contribution in [1.82, 2.24) is 19.8 Å². The van der Waals surface area contributed by atoms with Crippen molar-refractivity contribution < 1.29 is 18.7 Å². The van der Waals surface area contributed by atoms with Gasteiger partial charge in [-0.25, -0.2) is 14.4 Å². The fourth-order valence-corrected chi connectivity index (χ4v) is 3.12. The maximum atomic E-state index is 13.1. The summed E-state index contributed by atoms with van der Waals surface area (Å²) >= 11 is 0. The molecule has 2 aliphatic rings. The predicted octanol–water partition coefficient (Wildman–Crippen LogP) is -0.388. The number of hydrogen-bond donors (Lipinski definition) is 0. The van der Waals surface area contributed by atoms with Crippen LogP contribution in [0.2, 0.25) is 0 Å². The Morgan fingerprint density at radius 3 is 2.76 bits per heavy atom. The van der Waals surface area contributed by atoms with Gasteiger partial charge in [-0.3, -0.25) is 9.69 Å². The molecule has 2 fully saturated rings. The summed E-state index contributed by atoms with van der Waals surface area (Å²) < 4.78 is 24.9. The molecule has 0 bridgehead atoms. The number of amides is 1. The van der Waals surface area contributed by atoms with Crippen LogP contribution in [0.15, 0.2) is 12.4 Å². The number of nitrogens with zero attached hydrogens (tertiary/aromatic N) is 5. The SMILES string of the molecule is CN(C)C(=O)CN1CCOC[C@@]2(C1)CN(c1ncc(F)cn1)CCO2. The number of rotatable bonds is 3. The summed E-state index contributed by atoms with van der Waals surface area (Å²) in [4.78, 5) is 25.8. The Bertz CT molecular complexity index is 600. The van der Waals surface area contributed by atoms with E-state index in [2.05, 4.69) is 14.9 Å². The normalized spacial score (nSPS) is 25.0. The fraction of sp³-hybridized carbons (Fsp3) is 0.688. The summed E-state index contributed by atoms with van der Waals surface area (Å²) in [5, 5.41) is 0. The van der Waals surface area contributed by atoms with E-state index in [-0.39, 0.29) is 5.91 Å². The number of likely N-dealkylation sites (N-methyl/N-ethyl adjacent to an activating group) is 1. The zero-order valence-corrected chi connectivity index (χ0v) is 14.7. The van der Waals surface area contributed by atoms with Crippen LogP contribution in [0.4, 0.5) is 10.3 Å². The molecule has 3 rings (SSSR count). The highest BCUT2D eigenvalue weighted by molar-refractivity contribution is 5.77. The van der Waals surface area contributed by atoms with E-state index in [0.29, 0.717) is 58.5 Å². The van der Waals surface area contributed by atoms with Gasteiger partial charge in [0.05, 0.1) is 45.3 Å². The Kier molecular flexibility index (Phi) is 5.45. The van der Waals surface area contributed by atoms with Gasteiger partial charge in [-0.1, -0.05) is 0 Å². The fourth-order valence-electron chi connectivity index (χ4n) is 3.12. The first-order valence-corrected chi connectivity index (χ1v) is 8.34. The van der Waals surface area contributed by atoms with Crippen LogP contribution in [0.3, 0.4) is 0 Å². The minimum atomic E-state index is -0.556. The molecule has 25 heavy (non-hydrogen) atoms. The van der Waals surface area contributed by atoms with Crippen LogP contribution in [0.1, 0.15) is 0 Å². The number of morpholine rings is 1. The molecule has 8 nitrogen and oxygen atoms in total. The van der Waals surface area contributed by atoms with Crippen molar-refractivity contribution in [3.05, 3.63) is 18.2 Å². The van der Waals surface area contributed by atoms with Crippen molar-refractivity contribution in [2.75, 3.05) is 71.5 Å². The van der Waals surface area contributed by atoms with Crippen LogP contribution >= 0.6 is 0 Å². The number of carbonyl (C=O) groups excluding carboxylic acids is 1. The third kappa shape index (κ3) is 4.42. The third-order valence-corrected chi connectivity index (χ3v) is 4.42. The second-order valence-corrected chi connectivity index (χ2v) is 6.71. The maximum Gasteiger partial charge on any atom is 0.236 e. The molecular weight excluding hydrogens is 329 g/mol. The zero-order chi connectivity index (χ0) is 17.9. The second kappa shape index (κ2) is 7.59. The van der Waals surface area contributed by atoms with Gasteiger partial charge in [0.2, 0.25) is 11.9 Å². The van der Waals surface area contributed by atoms with E-state index in [1.807, 2.05) is 4.90 Å². The largest absolute Gasteiger partial charge is 0.377 e. The maximum absolute atomic E-state index is 13.1. The lowest BCUT2D eigenvalue weighted by Crippen LogP contribution is -2.59.